The van der Waals surface area contributed by atoms with E-state index in [9.17, 15) is 30.0 Å². The minimum atomic E-state index is -1.60. The molecule has 10 nitrogen and oxygen atoms in total. The molecule has 1 aliphatic heterocycles. The van der Waals surface area contributed by atoms with Crippen LogP contribution in [-0.4, -0.2) is 89.0 Å². The summed E-state index contributed by atoms with van der Waals surface area (Å²) in [6.07, 6.45) is 34.2. The zero-order valence-corrected chi connectivity index (χ0v) is 34.4. The summed E-state index contributed by atoms with van der Waals surface area (Å²) in [5, 5.41) is 40.0. The normalized spacial score (nSPS) is 21.0. The molecule has 0 aromatic carbocycles. The molecule has 0 bridgehead atoms. The van der Waals surface area contributed by atoms with Crippen molar-refractivity contribution >= 4 is 11.9 Å². The highest BCUT2D eigenvalue weighted by Crippen LogP contribution is 2.22. The van der Waals surface area contributed by atoms with E-state index in [-0.39, 0.29) is 26.1 Å². The standard InChI is InChI=1S/C45H78O10/c1-3-5-7-9-11-13-14-15-16-17-18-19-20-21-22-23-24-26-28-30-32-34-41(48)54-38(37-53-45-44(51)43(50)42(49)39(35-46)55-45)36-52-40(47)33-31-29-27-25-12-10-8-6-4-2/h16-17,19-20,22-23,26,28,38-39,42-46,49-51H,3-15,18,21,24-25,27,29-37H2,1-2H3/b17-16+,20-19+,23-22+,28-26+/t38-,39-,42+,43?,44?,45-/m1/s1. The van der Waals surface area contributed by atoms with Crippen LogP contribution >= 0.6 is 0 Å². The molecule has 0 spiro atoms. The first-order valence-electron chi connectivity index (χ1n) is 21.7. The van der Waals surface area contributed by atoms with Crippen molar-refractivity contribution in [1.82, 2.24) is 0 Å². The Labute approximate surface area is 333 Å². The Bertz CT molecular complexity index is 1040. The van der Waals surface area contributed by atoms with Gasteiger partial charge in [-0.2, -0.15) is 0 Å². The summed E-state index contributed by atoms with van der Waals surface area (Å²) in [7, 11) is 0. The van der Waals surface area contributed by atoms with Gasteiger partial charge in [-0.1, -0.05) is 152 Å². The number of aliphatic hydroxyl groups excluding tert-OH is 4. The fourth-order valence-electron chi connectivity index (χ4n) is 6.24. The Balaban J connectivity index is 2.37. The Morgan fingerprint density at radius 2 is 1.04 bits per heavy atom. The van der Waals surface area contributed by atoms with Crippen LogP contribution in [0.4, 0.5) is 0 Å². The molecule has 1 heterocycles. The molecule has 4 N–H and O–H groups in total. The maximum atomic E-state index is 12.7. The number of unbranched alkanes of at least 4 members (excludes halogenated alkanes) is 16. The molecule has 0 saturated carbocycles. The van der Waals surface area contributed by atoms with Crippen LogP contribution in [0.5, 0.6) is 0 Å². The molecular formula is C45H78O10. The van der Waals surface area contributed by atoms with Gasteiger partial charge >= 0.3 is 11.9 Å². The smallest absolute Gasteiger partial charge is 0.306 e. The Kier molecular flexibility index (Phi) is 33.2. The molecule has 1 saturated heterocycles. The second-order valence-corrected chi connectivity index (χ2v) is 14.8. The van der Waals surface area contributed by atoms with Crippen molar-refractivity contribution in [2.45, 2.75) is 205 Å². The fraction of sp³-hybridized carbons (Fsp3) is 0.778. The number of ether oxygens (including phenoxy) is 4. The Hall–Kier alpha value is -2.34. The SMILES string of the molecule is CCCCCCCCC/C=C/C/C=C/C/C=C/C/C=C/CCCC(=O)O[C@H](COC(=O)CCCCCCCCCCC)CO[C@@H]1O[C@H](CO)[C@H](O)C(O)C1O. The zero-order chi connectivity index (χ0) is 40.2. The molecule has 0 aromatic heterocycles. The van der Waals surface area contributed by atoms with Crippen LogP contribution in [0.1, 0.15) is 168 Å². The highest BCUT2D eigenvalue weighted by Gasteiger charge is 2.44. The van der Waals surface area contributed by atoms with Gasteiger partial charge < -0.3 is 39.4 Å². The summed E-state index contributed by atoms with van der Waals surface area (Å²) < 4.78 is 22.0. The molecule has 1 rings (SSSR count). The predicted octanol–water partition coefficient (Wildman–Crippen LogP) is 8.88. The predicted molar refractivity (Wildman–Crippen MR) is 219 cm³/mol. The van der Waals surface area contributed by atoms with E-state index in [1.807, 2.05) is 6.08 Å². The van der Waals surface area contributed by atoms with Gasteiger partial charge in [0.2, 0.25) is 0 Å². The first-order valence-corrected chi connectivity index (χ1v) is 21.7. The van der Waals surface area contributed by atoms with E-state index in [4.69, 9.17) is 18.9 Å². The highest BCUT2D eigenvalue weighted by molar-refractivity contribution is 5.70. The molecular weight excluding hydrogens is 700 g/mol. The zero-order valence-electron chi connectivity index (χ0n) is 34.4. The Morgan fingerprint density at radius 3 is 1.58 bits per heavy atom. The molecule has 55 heavy (non-hydrogen) atoms. The van der Waals surface area contributed by atoms with Gasteiger partial charge in [0.25, 0.3) is 0 Å². The lowest BCUT2D eigenvalue weighted by Gasteiger charge is -2.39. The molecule has 0 aliphatic carbocycles. The van der Waals surface area contributed by atoms with Gasteiger partial charge in [0.15, 0.2) is 12.4 Å². The van der Waals surface area contributed by atoms with Gasteiger partial charge in [0.1, 0.15) is 31.0 Å². The largest absolute Gasteiger partial charge is 0.462 e. The van der Waals surface area contributed by atoms with Crippen molar-refractivity contribution < 1.29 is 49.0 Å². The first kappa shape index (κ1) is 50.7. The van der Waals surface area contributed by atoms with Crippen LogP contribution in [0.25, 0.3) is 0 Å². The number of allylic oxidation sites excluding steroid dienone is 8. The van der Waals surface area contributed by atoms with E-state index in [2.05, 4.69) is 56.4 Å². The number of hydrogen-bond donors (Lipinski definition) is 4. The van der Waals surface area contributed by atoms with Crippen molar-refractivity contribution in [3.63, 3.8) is 0 Å². The molecule has 1 aliphatic rings. The summed E-state index contributed by atoms with van der Waals surface area (Å²) in [5.41, 5.74) is 0. The summed E-state index contributed by atoms with van der Waals surface area (Å²) >= 11 is 0. The average Bonchev–Trinajstić information content (AvgIpc) is 3.18. The highest BCUT2D eigenvalue weighted by atomic mass is 16.7. The van der Waals surface area contributed by atoms with Gasteiger partial charge in [-0.15, -0.1) is 0 Å². The van der Waals surface area contributed by atoms with E-state index >= 15 is 0 Å². The second-order valence-electron chi connectivity index (χ2n) is 14.8. The van der Waals surface area contributed by atoms with Crippen LogP contribution in [0.2, 0.25) is 0 Å². The van der Waals surface area contributed by atoms with Crippen LogP contribution < -0.4 is 0 Å². The lowest BCUT2D eigenvalue weighted by molar-refractivity contribution is -0.305. The van der Waals surface area contributed by atoms with Crippen molar-refractivity contribution in [3.05, 3.63) is 48.6 Å². The van der Waals surface area contributed by atoms with Crippen molar-refractivity contribution in [3.8, 4) is 0 Å². The number of rotatable bonds is 35. The number of carbonyl (C=O) groups is 2. The second kappa shape index (κ2) is 36.0. The van der Waals surface area contributed by atoms with Gasteiger partial charge in [0, 0.05) is 12.8 Å². The summed E-state index contributed by atoms with van der Waals surface area (Å²) in [6.45, 7) is 3.33. The Morgan fingerprint density at radius 1 is 0.564 bits per heavy atom. The minimum absolute atomic E-state index is 0.154. The van der Waals surface area contributed by atoms with Gasteiger partial charge in [-0.05, 0) is 51.4 Å². The minimum Gasteiger partial charge on any atom is -0.462 e. The lowest BCUT2D eigenvalue weighted by Crippen LogP contribution is -2.59. The number of carbonyl (C=O) groups excluding carboxylic acids is 2. The molecule has 2 unspecified atom stereocenters. The van der Waals surface area contributed by atoms with Crippen molar-refractivity contribution in [1.29, 1.82) is 0 Å². The van der Waals surface area contributed by atoms with Gasteiger partial charge in [-0.25, -0.2) is 0 Å². The summed E-state index contributed by atoms with van der Waals surface area (Å²) in [5.74, 6) is -0.876. The van der Waals surface area contributed by atoms with E-state index in [0.717, 1.165) is 44.9 Å². The van der Waals surface area contributed by atoms with Crippen LogP contribution in [-0.2, 0) is 28.5 Å². The lowest BCUT2D eigenvalue weighted by atomic mass is 9.99. The van der Waals surface area contributed by atoms with Crippen LogP contribution in [0.15, 0.2) is 48.6 Å². The van der Waals surface area contributed by atoms with E-state index in [1.54, 1.807) is 0 Å². The number of aliphatic hydroxyl groups is 4. The molecule has 0 radical (unpaired) electrons. The third-order valence-corrected chi connectivity index (χ3v) is 9.72. The average molecular weight is 779 g/mol. The molecule has 0 amide bonds. The summed E-state index contributed by atoms with van der Waals surface area (Å²) in [6, 6.07) is 0. The number of hydrogen-bond acceptors (Lipinski definition) is 10. The van der Waals surface area contributed by atoms with Gasteiger partial charge in [-0.3, -0.25) is 9.59 Å². The summed E-state index contributed by atoms with van der Waals surface area (Å²) in [4.78, 5) is 25.2. The maximum absolute atomic E-state index is 12.7. The molecule has 1 fully saturated rings. The van der Waals surface area contributed by atoms with E-state index in [0.29, 0.717) is 12.8 Å². The van der Waals surface area contributed by atoms with Crippen molar-refractivity contribution in [2.24, 2.45) is 0 Å². The van der Waals surface area contributed by atoms with E-state index in [1.165, 1.54) is 83.5 Å². The van der Waals surface area contributed by atoms with Gasteiger partial charge in [0.05, 0.1) is 13.2 Å². The monoisotopic (exact) mass is 779 g/mol. The van der Waals surface area contributed by atoms with Crippen LogP contribution in [0, 0.1) is 0 Å². The third kappa shape index (κ3) is 27.8. The quantitative estimate of drug-likeness (QED) is 0.0279. The molecule has 0 aromatic rings. The fourth-order valence-corrected chi connectivity index (χ4v) is 6.24. The number of esters is 2. The van der Waals surface area contributed by atoms with Crippen molar-refractivity contribution in [2.75, 3.05) is 19.8 Å². The topological polar surface area (TPSA) is 152 Å². The van der Waals surface area contributed by atoms with E-state index < -0.39 is 55.4 Å². The first-order chi connectivity index (χ1) is 26.8. The molecule has 6 atom stereocenters. The van der Waals surface area contributed by atoms with Crippen LogP contribution in [0.3, 0.4) is 0 Å². The molecule has 318 valence electrons. The third-order valence-electron chi connectivity index (χ3n) is 9.72. The molecule has 10 heteroatoms. The maximum Gasteiger partial charge on any atom is 0.306 e.